The summed E-state index contributed by atoms with van der Waals surface area (Å²) in [5.74, 6) is 0.211. The fourth-order valence-electron chi connectivity index (χ4n) is 2.25. The van der Waals surface area contributed by atoms with Crippen LogP contribution in [-0.4, -0.2) is 19.9 Å². The lowest BCUT2D eigenvalue weighted by Gasteiger charge is -2.27. The van der Waals surface area contributed by atoms with Gasteiger partial charge in [-0.1, -0.05) is 12.1 Å². The SMILES string of the molecule is NC(c1cccc(F)c1)C1CCS(=O)(=O)CC1. The molecule has 1 saturated heterocycles. The predicted octanol–water partition coefficient (Wildman–Crippen LogP) is 1.65. The molecule has 0 radical (unpaired) electrons. The summed E-state index contributed by atoms with van der Waals surface area (Å²) in [5.41, 5.74) is 6.81. The summed E-state index contributed by atoms with van der Waals surface area (Å²) >= 11 is 0. The molecule has 1 aromatic carbocycles. The Morgan fingerprint density at radius 3 is 2.53 bits per heavy atom. The molecule has 1 atom stereocenters. The number of benzene rings is 1. The minimum Gasteiger partial charge on any atom is -0.324 e. The Balaban J connectivity index is 2.09. The van der Waals surface area contributed by atoms with Crippen LogP contribution in [0.3, 0.4) is 0 Å². The van der Waals surface area contributed by atoms with Crippen LogP contribution in [-0.2, 0) is 9.84 Å². The Morgan fingerprint density at radius 2 is 1.94 bits per heavy atom. The lowest BCUT2D eigenvalue weighted by molar-refractivity contribution is 0.390. The van der Waals surface area contributed by atoms with Gasteiger partial charge in [0.15, 0.2) is 0 Å². The Morgan fingerprint density at radius 1 is 1.29 bits per heavy atom. The van der Waals surface area contributed by atoms with Gasteiger partial charge in [-0.25, -0.2) is 12.8 Å². The van der Waals surface area contributed by atoms with Crippen LogP contribution in [0.5, 0.6) is 0 Å². The van der Waals surface area contributed by atoms with Gasteiger partial charge in [-0.15, -0.1) is 0 Å². The third-order valence-corrected chi connectivity index (χ3v) is 5.06. The number of nitrogens with two attached hydrogens (primary N) is 1. The summed E-state index contributed by atoms with van der Waals surface area (Å²) in [6, 6.07) is 5.94. The van der Waals surface area contributed by atoms with E-state index in [9.17, 15) is 12.8 Å². The van der Waals surface area contributed by atoms with Crippen LogP contribution >= 0.6 is 0 Å². The first-order valence-corrected chi connectivity index (χ1v) is 7.51. The van der Waals surface area contributed by atoms with Crippen LogP contribution in [0.1, 0.15) is 24.4 Å². The minimum atomic E-state index is -2.87. The van der Waals surface area contributed by atoms with E-state index < -0.39 is 9.84 Å². The summed E-state index contributed by atoms with van der Waals surface area (Å²) in [4.78, 5) is 0. The van der Waals surface area contributed by atoms with Crippen LogP contribution in [0, 0.1) is 11.7 Å². The molecular formula is C12H16FNO2S. The number of hydrogen-bond donors (Lipinski definition) is 1. The third-order valence-electron chi connectivity index (χ3n) is 3.34. The molecule has 1 heterocycles. The van der Waals surface area contributed by atoms with Crippen molar-refractivity contribution in [1.29, 1.82) is 0 Å². The summed E-state index contributed by atoms with van der Waals surface area (Å²) in [5, 5.41) is 0. The van der Waals surface area contributed by atoms with Crippen molar-refractivity contribution in [2.75, 3.05) is 11.5 Å². The molecule has 2 rings (SSSR count). The predicted molar refractivity (Wildman–Crippen MR) is 64.7 cm³/mol. The second-order valence-electron chi connectivity index (χ2n) is 4.57. The van der Waals surface area contributed by atoms with Crippen molar-refractivity contribution >= 4 is 9.84 Å². The maximum atomic E-state index is 13.1. The number of sulfone groups is 1. The monoisotopic (exact) mass is 257 g/mol. The van der Waals surface area contributed by atoms with Gasteiger partial charge in [0.25, 0.3) is 0 Å². The van der Waals surface area contributed by atoms with Crippen molar-refractivity contribution in [3.8, 4) is 0 Å². The summed E-state index contributed by atoms with van der Waals surface area (Å²) in [6.45, 7) is 0. The van der Waals surface area contributed by atoms with Crippen LogP contribution in [0.25, 0.3) is 0 Å². The zero-order valence-corrected chi connectivity index (χ0v) is 10.3. The highest BCUT2D eigenvalue weighted by Gasteiger charge is 2.28. The fraction of sp³-hybridized carbons (Fsp3) is 0.500. The van der Waals surface area contributed by atoms with Gasteiger partial charge < -0.3 is 5.73 Å². The molecule has 0 aliphatic carbocycles. The molecule has 2 N–H and O–H groups in total. The second-order valence-corrected chi connectivity index (χ2v) is 6.87. The molecule has 0 bridgehead atoms. The maximum absolute atomic E-state index is 13.1. The highest BCUT2D eigenvalue weighted by atomic mass is 32.2. The number of halogens is 1. The second kappa shape index (κ2) is 4.74. The molecule has 94 valence electrons. The molecule has 17 heavy (non-hydrogen) atoms. The van der Waals surface area contributed by atoms with Crippen molar-refractivity contribution in [3.63, 3.8) is 0 Å². The average Bonchev–Trinajstić information content (AvgIpc) is 2.28. The van der Waals surface area contributed by atoms with Crippen molar-refractivity contribution in [2.45, 2.75) is 18.9 Å². The molecular weight excluding hydrogens is 241 g/mol. The topological polar surface area (TPSA) is 60.2 Å². The van der Waals surface area contributed by atoms with E-state index in [0.29, 0.717) is 12.8 Å². The summed E-state index contributed by atoms with van der Waals surface area (Å²) in [7, 11) is -2.87. The molecule has 1 fully saturated rings. The molecule has 0 saturated carbocycles. The van der Waals surface area contributed by atoms with E-state index in [1.165, 1.54) is 12.1 Å². The lowest BCUT2D eigenvalue weighted by atomic mass is 9.89. The quantitative estimate of drug-likeness (QED) is 0.876. The Kier molecular flexibility index (Phi) is 3.49. The van der Waals surface area contributed by atoms with Gasteiger partial charge >= 0.3 is 0 Å². The minimum absolute atomic E-state index is 0.125. The summed E-state index contributed by atoms with van der Waals surface area (Å²) < 4.78 is 35.7. The van der Waals surface area contributed by atoms with Crippen molar-refractivity contribution in [3.05, 3.63) is 35.6 Å². The van der Waals surface area contributed by atoms with Gasteiger partial charge in [0.1, 0.15) is 15.7 Å². The Hall–Kier alpha value is -0.940. The van der Waals surface area contributed by atoms with Gasteiger partial charge in [0.05, 0.1) is 11.5 Å². The summed E-state index contributed by atoms with van der Waals surface area (Å²) in [6.07, 6.45) is 1.14. The number of rotatable bonds is 2. The van der Waals surface area contributed by atoms with Gasteiger partial charge in [-0.2, -0.15) is 0 Å². The first kappa shape index (κ1) is 12.5. The van der Waals surface area contributed by atoms with Gasteiger partial charge in [-0.3, -0.25) is 0 Å². The number of hydrogen-bond acceptors (Lipinski definition) is 3. The first-order chi connectivity index (χ1) is 7.98. The molecule has 5 heteroatoms. The normalized spacial score (nSPS) is 22.2. The smallest absolute Gasteiger partial charge is 0.150 e. The van der Waals surface area contributed by atoms with E-state index in [4.69, 9.17) is 5.73 Å². The lowest BCUT2D eigenvalue weighted by Crippen LogP contribution is -2.30. The zero-order chi connectivity index (χ0) is 12.5. The molecule has 1 unspecified atom stereocenters. The molecule has 0 aromatic heterocycles. The molecule has 1 aliphatic heterocycles. The molecule has 0 amide bonds. The largest absolute Gasteiger partial charge is 0.324 e. The van der Waals surface area contributed by atoms with E-state index >= 15 is 0 Å². The van der Waals surface area contributed by atoms with E-state index in [-0.39, 0.29) is 29.3 Å². The van der Waals surface area contributed by atoms with Crippen molar-refractivity contribution < 1.29 is 12.8 Å². The van der Waals surface area contributed by atoms with Crippen molar-refractivity contribution in [2.24, 2.45) is 11.7 Å². The molecule has 1 aliphatic rings. The zero-order valence-electron chi connectivity index (χ0n) is 9.47. The van der Waals surface area contributed by atoms with Crippen LogP contribution in [0.2, 0.25) is 0 Å². The highest BCUT2D eigenvalue weighted by Crippen LogP contribution is 2.29. The standard InChI is InChI=1S/C12H16FNO2S/c13-11-3-1-2-10(8-11)12(14)9-4-6-17(15,16)7-5-9/h1-3,8-9,12H,4-7,14H2. The highest BCUT2D eigenvalue weighted by molar-refractivity contribution is 7.91. The first-order valence-electron chi connectivity index (χ1n) is 5.69. The van der Waals surface area contributed by atoms with E-state index in [1.807, 2.05) is 0 Å². The van der Waals surface area contributed by atoms with E-state index in [0.717, 1.165) is 5.56 Å². The molecule has 0 spiro atoms. The van der Waals surface area contributed by atoms with Crippen LogP contribution in [0.15, 0.2) is 24.3 Å². The molecule has 3 nitrogen and oxygen atoms in total. The van der Waals surface area contributed by atoms with Crippen molar-refractivity contribution in [1.82, 2.24) is 0 Å². The van der Waals surface area contributed by atoms with Gasteiger partial charge in [-0.05, 0) is 36.5 Å². The van der Waals surface area contributed by atoms with Crippen LogP contribution in [0.4, 0.5) is 4.39 Å². The fourth-order valence-corrected chi connectivity index (χ4v) is 3.78. The van der Waals surface area contributed by atoms with Gasteiger partial charge in [0, 0.05) is 6.04 Å². The van der Waals surface area contributed by atoms with Gasteiger partial charge in [0.2, 0.25) is 0 Å². The Labute approximate surface area is 101 Å². The van der Waals surface area contributed by atoms with Crippen LogP contribution < -0.4 is 5.73 Å². The van der Waals surface area contributed by atoms with E-state index in [1.54, 1.807) is 12.1 Å². The van der Waals surface area contributed by atoms with E-state index in [2.05, 4.69) is 0 Å². The molecule has 1 aromatic rings. The third kappa shape index (κ3) is 3.04. The Bertz CT molecular complexity index is 487. The maximum Gasteiger partial charge on any atom is 0.150 e. The average molecular weight is 257 g/mol.